The first-order chi connectivity index (χ1) is 10.6. The average molecular weight is 355 g/mol. The Hall–Kier alpha value is -1.60. The number of thioether (sulfide) groups is 1. The van der Waals surface area contributed by atoms with Gasteiger partial charge in [-0.1, -0.05) is 36.4 Å². The van der Waals surface area contributed by atoms with Gasteiger partial charge < -0.3 is 10.8 Å². The van der Waals surface area contributed by atoms with Crippen LogP contribution in [-0.4, -0.2) is 16.6 Å². The topological polar surface area (TPSA) is 89.4 Å². The monoisotopic (exact) mass is 354 g/mol. The fourth-order valence-electron chi connectivity index (χ4n) is 2.07. The van der Waals surface area contributed by atoms with Crippen molar-refractivity contribution in [2.45, 2.75) is 23.1 Å². The summed E-state index contributed by atoms with van der Waals surface area (Å²) in [5, 5.41) is 20.2. The van der Waals surface area contributed by atoms with Crippen LogP contribution in [0.1, 0.15) is 23.6 Å². The number of rotatable bonds is 7. The Kier molecular flexibility index (Phi) is 8.05. The zero-order valence-electron chi connectivity index (χ0n) is 12.4. The number of aliphatic hydroxyl groups is 1. The van der Waals surface area contributed by atoms with Crippen LogP contribution < -0.4 is 5.73 Å². The summed E-state index contributed by atoms with van der Waals surface area (Å²) < 4.78 is 0. The average Bonchev–Trinajstić information content (AvgIpc) is 2.54. The van der Waals surface area contributed by atoms with Gasteiger partial charge in [0, 0.05) is 24.5 Å². The highest BCUT2D eigenvalue weighted by Crippen LogP contribution is 2.33. The van der Waals surface area contributed by atoms with Crippen molar-refractivity contribution in [3.8, 4) is 0 Å². The third-order valence-corrected chi connectivity index (χ3v) is 4.42. The van der Waals surface area contributed by atoms with Crippen molar-refractivity contribution in [2.24, 2.45) is 5.73 Å². The minimum absolute atomic E-state index is 0. The lowest BCUT2D eigenvalue weighted by Crippen LogP contribution is -2.12. The van der Waals surface area contributed by atoms with Crippen molar-refractivity contribution in [1.29, 1.82) is 0 Å². The van der Waals surface area contributed by atoms with Gasteiger partial charge in [0.05, 0.1) is 9.82 Å². The smallest absolute Gasteiger partial charge is 0.283 e. The van der Waals surface area contributed by atoms with E-state index in [0.29, 0.717) is 22.6 Å². The highest BCUT2D eigenvalue weighted by atomic mass is 35.5. The summed E-state index contributed by atoms with van der Waals surface area (Å²) in [6.45, 7) is -0.0422. The van der Waals surface area contributed by atoms with Gasteiger partial charge in [0.15, 0.2) is 0 Å². The van der Waals surface area contributed by atoms with E-state index in [1.165, 1.54) is 17.8 Å². The zero-order valence-corrected chi connectivity index (χ0v) is 14.1. The lowest BCUT2D eigenvalue weighted by atomic mass is 10.0. The molecule has 0 saturated heterocycles. The molecule has 0 aliphatic carbocycles. The summed E-state index contributed by atoms with van der Waals surface area (Å²) in [5.74, 6) is 0.670. The van der Waals surface area contributed by atoms with Crippen molar-refractivity contribution < 1.29 is 10.0 Å². The maximum atomic E-state index is 11.3. The number of benzene rings is 2. The standard InChI is InChI=1S/C16H18N2O3S.ClH/c17-14(8-9-19)13-6-7-16(15(10-13)18(20)21)22-11-12-4-2-1-3-5-12;/h1-7,10,14,19H,8-9,11,17H2;1H. The van der Waals surface area contributed by atoms with Crippen LogP contribution in [0.2, 0.25) is 0 Å². The van der Waals surface area contributed by atoms with Crippen LogP contribution >= 0.6 is 24.2 Å². The summed E-state index contributed by atoms with van der Waals surface area (Å²) >= 11 is 1.43. The molecule has 2 aromatic rings. The van der Waals surface area contributed by atoms with Crippen LogP contribution in [0.25, 0.3) is 0 Å². The molecule has 0 spiro atoms. The number of hydrogen-bond acceptors (Lipinski definition) is 5. The first-order valence-corrected chi connectivity index (χ1v) is 7.92. The number of hydrogen-bond donors (Lipinski definition) is 2. The largest absolute Gasteiger partial charge is 0.396 e. The van der Waals surface area contributed by atoms with E-state index in [1.807, 2.05) is 30.3 Å². The molecule has 0 fully saturated rings. The Bertz CT molecular complexity index is 640. The van der Waals surface area contributed by atoms with Crippen molar-refractivity contribution in [3.05, 3.63) is 69.8 Å². The van der Waals surface area contributed by atoms with Crippen LogP contribution in [0, 0.1) is 10.1 Å². The molecule has 5 nitrogen and oxygen atoms in total. The Morgan fingerprint density at radius 3 is 2.52 bits per heavy atom. The van der Waals surface area contributed by atoms with E-state index in [1.54, 1.807) is 12.1 Å². The van der Waals surface area contributed by atoms with Crippen LogP contribution in [0.5, 0.6) is 0 Å². The van der Waals surface area contributed by atoms with Crippen LogP contribution in [0.4, 0.5) is 5.69 Å². The van der Waals surface area contributed by atoms with Crippen molar-refractivity contribution in [2.75, 3.05) is 6.61 Å². The van der Waals surface area contributed by atoms with E-state index in [9.17, 15) is 10.1 Å². The minimum Gasteiger partial charge on any atom is -0.396 e. The normalized spacial score (nSPS) is 11.6. The van der Waals surface area contributed by atoms with Crippen LogP contribution in [0.15, 0.2) is 53.4 Å². The Labute approximate surface area is 145 Å². The molecule has 0 aromatic heterocycles. The second-order valence-electron chi connectivity index (χ2n) is 4.88. The van der Waals surface area contributed by atoms with Gasteiger partial charge in [-0.15, -0.1) is 24.2 Å². The molecule has 0 radical (unpaired) electrons. The minimum atomic E-state index is -0.392. The predicted molar refractivity (Wildman–Crippen MR) is 95.0 cm³/mol. The molecule has 1 atom stereocenters. The van der Waals surface area contributed by atoms with Crippen molar-refractivity contribution in [1.82, 2.24) is 0 Å². The van der Waals surface area contributed by atoms with Crippen molar-refractivity contribution >= 4 is 29.9 Å². The number of nitrogens with two attached hydrogens (primary N) is 1. The molecular weight excluding hydrogens is 336 g/mol. The zero-order chi connectivity index (χ0) is 15.9. The second kappa shape index (κ2) is 9.52. The Morgan fingerprint density at radius 2 is 1.91 bits per heavy atom. The third-order valence-electron chi connectivity index (χ3n) is 3.29. The summed E-state index contributed by atoms with van der Waals surface area (Å²) in [6.07, 6.45) is 0.383. The second-order valence-corrected chi connectivity index (χ2v) is 5.89. The molecule has 0 bridgehead atoms. The molecule has 2 aromatic carbocycles. The molecule has 1 unspecified atom stereocenters. The van der Waals surface area contributed by atoms with Gasteiger partial charge in [0.2, 0.25) is 0 Å². The van der Waals surface area contributed by atoms with Crippen LogP contribution in [-0.2, 0) is 5.75 Å². The SMILES string of the molecule is Cl.NC(CCO)c1ccc(SCc2ccccc2)c([N+](=O)[O-])c1. The van der Waals surface area contributed by atoms with E-state index >= 15 is 0 Å². The lowest BCUT2D eigenvalue weighted by molar-refractivity contribution is -0.387. The van der Waals surface area contributed by atoms with Crippen molar-refractivity contribution in [3.63, 3.8) is 0 Å². The molecule has 0 aliphatic heterocycles. The lowest BCUT2D eigenvalue weighted by Gasteiger charge is -2.11. The van der Waals surface area contributed by atoms with Crippen LogP contribution in [0.3, 0.4) is 0 Å². The molecule has 0 aliphatic rings. The van der Waals surface area contributed by atoms with E-state index in [2.05, 4.69) is 0 Å². The highest BCUT2D eigenvalue weighted by Gasteiger charge is 2.17. The van der Waals surface area contributed by atoms with E-state index < -0.39 is 6.04 Å². The number of halogens is 1. The highest BCUT2D eigenvalue weighted by molar-refractivity contribution is 7.98. The summed E-state index contributed by atoms with van der Waals surface area (Å²) in [5.41, 5.74) is 7.75. The molecule has 7 heteroatoms. The van der Waals surface area contributed by atoms with Gasteiger partial charge in [-0.3, -0.25) is 10.1 Å². The third kappa shape index (κ3) is 5.51. The maximum Gasteiger partial charge on any atom is 0.283 e. The van der Waals surface area contributed by atoms with Gasteiger partial charge in [0.25, 0.3) is 5.69 Å². The molecule has 23 heavy (non-hydrogen) atoms. The number of nitro benzene ring substituents is 1. The molecule has 124 valence electrons. The van der Waals surface area contributed by atoms with Gasteiger partial charge in [-0.05, 0) is 23.6 Å². The van der Waals surface area contributed by atoms with E-state index in [4.69, 9.17) is 10.8 Å². The van der Waals surface area contributed by atoms with E-state index in [-0.39, 0.29) is 29.6 Å². The summed E-state index contributed by atoms with van der Waals surface area (Å²) in [6, 6.07) is 14.5. The first-order valence-electron chi connectivity index (χ1n) is 6.93. The fraction of sp³-hybridized carbons (Fsp3) is 0.250. The Balaban J connectivity index is 0.00000264. The molecule has 0 amide bonds. The number of nitrogens with zero attached hydrogens (tertiary/aromatic N) is 1. The maximum absolute atomic E-state index is 11.3. The van der Waals surface area contributed by atoms with Gasteiger partial charge >= 0.3 is 0 Å². The van der Waals surface area contributed by atoms with Gasteiger partial charge in [-0.2, -0.15) is 0 Å². The Morgan fingerprint density at radius 1 is 1.22 bits per heavy atom. The van der Waals surface area contributed by atoms with E-state index in [0.717, 1.165) is 5.56 Å². The quantitative estimate of drug-likeness (QED) is 0.449. The van der Waals surface area contributed by atoms with Gasteiger partial charge in [-0.25, -0.2) is 0 Å². The first kappa shape index (κ1) is 19.4. The molecule has 2 rings (SSSR count). The summed E-state index contributed by atoms with van der Waals surface area (Å²) in [7, 11) is 0. The fourth-order valence-corrected chi connectivity index (χ4v) is 3.03. The predicted octanol–water partition coefficient (Wildman–Crippen LogP) is 3.69. The molecule has 0 saturated carbocycles. The molecule has 0 heterocycles. The van der Waals surface area contributed by atoms with Gasteiger partial charge in [0.1, 0.15) is 0 Å². The molecular formula is C16H19ClN2O3S. The summed E-state index contributed by atoms with van der Waals surface area (Å²) in [4.78, 5) is 11.5. The number of nitro groups is 1. The molecule has 3 N–H and O–H groups in total. The number of aliphatic hydroxyl groups excluding tert-OH is 1.